The predicted molar refractivity (Wildman–Crippen MR) is 81.6 cm³/mol. The van der Waals surface area contributed by atoms with Crippen molar-refractivity contribution >= 4 is 5.91 Å². The summed E-state index contributed by atoms with van der Waals surface area (Å²) in [5, 5.41) is 2.96. The van der Waals surface area contributed by atoms with Gasteiger partial charge in [0.05, 0.1) is 12.6 Å². The summed E-state index contributed by atoms with van der Waals surface area (Å²) >= 11 is 0. The quantitative estimate of drug-likeness (QED) is 0.867. The molecule has 1 rings (SSSR count). The smallest absolute Gasteiger partial charge is 0.234 e. The average Bonchev–Trinajstić information content (AvgIpc) is 2.34. The van der Waals surface area contributed by atoms with Crippen LogP contribution in [0.15, 0.2) is 30.3 Å². The Morgan fingerprint density at radius 1 is 1.30 bits per heavy atom. The van der Waals surface area contributed by atoms with Gasteiger partial charge in [-0.15, -0.1) is 0 Å². The van der Waals surface area contributed by atoms with Gasteiger partial charge in [-0.25, -0.2) is 0 Å². The van der Waals surface area contributed by atoms with E-state index in [9.17, 15) is 4.79 Å². The second-order valence-corrected chi connectivity index (χ2v) is 6.13. The first kappa shape index (κ1) is 16.7. The summed E-state index contributed by atoms with van der Waals surface area (Å²) in [5.74, 6) is 0.0305. The lowest BCUT2D eigenvalue weighted by atomic mass is 10.1. The topological polar surface area (TPSA) is 41.6 Å². The van der Waals surface area contributed by atoms with E-state index >= 15 is 0 Å². The van der Waals surface area contributed by atoms with Gasteiger partial charge in [0.2, 0.25) is 5.91 Å². The molecule has 0 aliphatic rings. The normalized spacial score (nSPS) is 13.3. The number of carbonyl (C=O) groups excluding carboxylic acids is 1. The lowest BCUT2D eigenvalue weighted by Crippen LogP contribution is -2.45. The fourth-order valence-corrected chi connectivity index (χ4v) is 2.03. The third-order valence-electron chi connectivity index (χ3n) is 2.86. The minimum atomic E-state index is -0.196. The van der Waals surface area contributed by atoms with E-state index in [1.54, 1.807) is 7.11 Å². The summed E-state index contributed by atoms with van der Waals surface area (Å²) < 4.78 is 5.52. The second kappa shape index (κ2) is 7.41. The maximum absolute atomic E-state index is 11.9. The number of nitrogens with one attached hydrogen (secondary N) is 1. The van der Waals surface area contributed by atoms with Gasteiger partial charge in [0.1, 0.15) is 0 Å². The number of likely N-dealkylation sites (N-methyl/N-ethyl adjacent to an activating group) is 1. The van der Waals surface area contributed by atoms with Crippen molar-refractivity contribution in [3.63, 3.8) is 0 Å². The lowest BCUT2D eigenvalue weighted by Gasteiger charge is -2.25. The zero-order chi connectivity index (χ0) is 15.2. The van der Waals surface area contributed by atoms with Crippen LogP contribution in [0.3, 0.4) is 0 Å². The van der Waals surface area contributed by atoms with Crippen molar-refractivity contribution in [2.75, 3.05) is 27.2 Å². The van der Waals surface area contributed by atoms with E-state index in [1.807, 2.05) is 63.1 Å². The molecule has 20 heavy (non-hydrogen) atoms. The van der Waals surface area contributed by atoms with Crippen LogP contribution >= 0.6 is 0 Å². The van der Waals surface area contributed by atoms with Crippen molar-refractivity contribution < 1.29 is 9.53 Å². The monoisotopic (exact) mass is 278 g/mol. The Labute approximate surface area is 122 Å². The molecule has 4 heteroatoms. The van der Waals surface area contributed by atoms with Gasteiger partial charge in [0.15, 0.2) is 0 Å². The molecule has 0 aromatic heterocycles. The standard InChI is InChI=1S/C16H26N2O2/c1-16(2,3)17-15(19)12-18(4)11-14(20-5)13-9-7-6-8-10-13/h6-10,14H,11-12H2,1-5H3,(H,17,19)/t14-/m1/s1. The molecule has 1 aromatic rings. The fraction of sp³-hybridized carbons (Fsp3) is 0.562. The Morgan fingerprint density at radius 2 is 1.90 bits per heavy atom. The Balaban J connectivity index is 2.52. The summed E-state index contributed by atoms with van der Waals surface area (Å²) in [7, 11) is 3.62. The first-order valence-electron chi connectivity index (χ1n) is 6.89. The molecule has 0 spiro atoms. The highest BCUT2D eigenvalue weighted by Crippen LogP contribution is 2.16. The molecular weight excluding hydrogens is 252 g/mol. The van der Waals surface area contributed by atoms with Crippen molar-refractivity contribution in [1.29, 1.82) is 0 Å². The average molecular weight is 278 g/mol. The molecule has 0 radical (unpaired) electrons. The van der Waals surface area contributed by atoms with Crippen LogP contribution in [0.1, 0.15) is 32.4 Å². The zero-order valence-corrected chi connectivity index (χ0v) is 13.1. The van der Waals surface area contributed by atoms with Crippen molar-refractivity contribution in [1.82, 2.24) is 10.2 Å². The minimum Gasteiger partial charge on any atom is -0.375 e. The Kier molecular flexibility index (Phi) is 6.17. The molecule has 0 aliphatic heterocycles. The summed E-state index contributed by atoms with van der Waals surface area (Å²) in [6, 6.07) is 10.0. The highest BCUT2D eigenvalue weighted by atomic mass is 16.5. The molecule has 112 valence electrons. The maximum Gasteiger partial charge on any atom is 0.234 e. The van der Waals surface area contributed by atoms with Gasteiger partial charge in [-0.2, -0.15) is 0 Å². The second-order valence-electron chi connectivity index (χ2n) is 6.13. The van der Waals surface area contributed by atoms with E-state index in [0.717, 1.165) is 5.56 Å². The van der Waals surface area contributed by atoms with Crippen molar-refractivity contribution in [2.45, 2.75) is 32.4 Å². The van der Waals surface area contributed by atoms with Crippen LogP contribution in [0, 0.1) is 0 Å². The number of methoxy groups -OCH3 is 1. The number of rotatable bonds is 6. The van der Waals surface area contributed by atoms with Gasteiger partial charge < -0.3 is 10.1 Å². The molecule has 0 fully saturated rings. The number of hydrogen-bond donors (Lipinski definition) is 1. The minimum absolute atomic E-state index is 0.0244. The molecule has 0 saturated carbocycles. The van der Waals surface area contributed by atoms with E-state index in [0.29, 0.717) is 13.1 Å². The van der Waals surface area contributed by atoms with Crippen LogP contribution < -0.4 is 5.32 Å². The van der Waals surface area contributed by atoms with Crippen LogP contribution in [-0.4, -0.2) is 43.6 Å². The van der Waals surface area contributed by atoms with Gasteiger partial charge in [0.25, 0.3) is 0 Å². The molecule has 1 atom stereocenters. The van der Waals surface area contributed by atoms with Gasteiger partial charge in [-0.1, -0.05) is 30.3 Å². The van der Waals surface area contributed by atoms with Crippen LogP contribution in [-0.2, 0) is 9.53 Å². The summed E-state index contributed by atoms with van der Waals surface area (Å²) in [6.45, 7) is 6.98. The highest BCUT2D eigenvalue weighted by molar-refractivity contribution is 5.78. The molecule has 0 bridgehead atoms. The maximum atomic E-state index is 11.9. The van der Waals surface area contributed by atoms with E-state index < -0.39 is 0 Å². The Morgan fingerprint density at radius 3 is 2.40 bits per heavy atom. The van der Waals surface area contributed by atoms with Crippen molar-refractivity contribution in [2.24, 2.45) is 0 Å². The molecule has 1 aromatic carbocycles. The Hall–Kier alpha value is -1.39. The summed E-state index contributed by atoms with van der Waals surface area (Å²) in [5.41, 5.74) is 0.927. The number of ether oxygens (including phenoxy) is 1. The third kappa shape index (κ3) is 6.17. The van der Waals surface area contributed by atoms with Gasteiger partial charge >= 0.3 is 0 Å². The van der Waals surface area contributed by atoms with Gasteiger partial charge in [0, 0.05) is 19.2 Å². The number of carbonyl (C=O) groups is 1. The lowest BCUT2D eigenvalue weighted by molar-refractivity contribution is -0.123. The molecule has 0 saturated heterocycles. The fourth-order valence-electron chi connectivity index (χ4n) is 2.03. The molecule has 1 amide bonds. The van der Waals surface area contributed by atoms with Crippen molar-refractivity contribution in [3.05, 3.63) is 35.9 Å². The van der Waals surface area contributed by atoms with Crippen LogP contribution in [0.25, 0.3) is 0 Å². The van der Waals surface area contributed by atoms with Gasteiger partial charge in [-0.3, -0.25) is 9.69 Å². The van der Waals surface area contributed by atoms with Gasteiger partial charge in [-0.05, 0) is 33.4 Å². The first-order chi connectivity index (χ1) is 9.31. The molecule has 1 N–H and O–H groups in total. The van der Waals surface area contributed by atoms with Crippen LogP contribution in [0.5, 0.6) is 0 Å². The predicted octanol–water partition coefficient (Wildman–Crippen LogP) is 2.22. The van der Waals surface area contributed by atoms with E-state index in [4.69, 9.17) is 4.74 Å². The molecular formula is C16H26N2O2. The van der Waals surface area contributed by atoms with E-state index in [2.05, 4.69) is 5.32 Å². The largest absolute Gasteiger partial charge is 0.375 e. The Bertz CT molecular complexity index is 412. The SMILES string of the molecule is CO[C@H](CN(C)CC(=O)NC(C)(C)C)c1ccccc1. The highest BCUT2D eigenvalue weighted by Gasteiger charge is 2.18. The number of benzene rings is 1. The third-order valence-corrected chi connectivity index (χ3v) is 2.86. The first-order valence-corrected chi connectivity index (χ1v) is 6.89. The molecule has 0 heterocycles. The van der Waals surface area contributed by atoms with E-state index in [-0.39, 0.29) is 17.6 Å². The van der Waals surface area contributed by atoms with Crippen LogP contribution in [0.2, 0.25) is 0 Å². The summed E-state index contributed by atoms with van der Waals surface area (Å²) in [4.78, 5) is 13.9. The molecule has 4 nitrogen and oxygen atoms in total. The number of nitrogens with zero attached hydrogens (tertiary/aromatic N) is 1. The van der Waals surface area contributed by atoms with Crippen molar-refractivity contribution in [3.8, 4) is 0 Å². The number of hydrogen-bond acceptors (Lipinski definition) is 3. The number of amides is 1. The zero-order valence-electron chi connectivity index (χ0n) is 13.1. The van der Waals surface area contributed by atoms with E-state index in [1.165, 1.54) is 0 Å². The molecule has 0 aliphatic carbocycles. The summed E-state index contributed by atoms with van der Waals surface area (Å²) in [6.07, 6.45) is -0.0244. The van der Waals surface area contributed by atoms with Crippen LogP contribution in [0.4, 0.5) is 0 Å². The molecule has 0 unspecified atom stereocenters.